The molecule has 2 aromatic carbocycles. The fourth-order valence-corrected chi connectivity index (χ4v) is 3.04. The number of nitrogen functional groups attached to an aromatic ring is 1. The Morgan fingerprint density at radius 3 is 2.18 bits per heavy atom. The number of hydrogen-bond acceptors (Lipinski definition) is 7. The van der Waals surface area contributed by atoms with Crippen molar-refractivity contribution in [2.75, 3.05) is 10.5 Å². The molecular weight excluding hydrogens is 386 g/mol. The van der Waals surface area contributed by atoms with Gasteiger partial charge in [0.25, 0.3) is 10.0 Å². The van der Waals surface area contributed by atoms with Gasteiger partial charge in [-0.15, -0.1) is 0 Å². The first-order valence-corrected chi connectivity index (χ1v) is 9.42. The van der Waals surface area contributed by atoms with Crippen molar-refractivity contribution in [1.82, 2.24) is 5.16 Å². The molecule has 3 aromatic rings. The lowest BCUT2D eigenvalue weighted by Gasteiger charge is -2.05. The molecule has 0 aliphatic rings. The SMILES string of the molecule is Cc1noc(NS(=O)(=O)c2ccc(N)cc2)c1C.O=C(O)c1ccccc1O. The number of sulfonamides is 1. The predicted octanol–water partition coefficient (Wildman–Crippen LogP) is 2.76. The molecule has 28 heavy (non-hydrogen) atoms. The number of para-hydroxylation sites is 1. The molecule has 5 N–H and O–H groups in total. The van der Waals surface area contributed by atoms with Crippen LogP contribution in [0, 0.1) is 13.8 Å². The van der Waals surface area contributed by atoms with Gasteiger partial charge in [-0.1, -0.05) is 17.3 Å². The molecule has 0 fully saturated rings. The van der Waals surface area contributed by atoms with Gasteiger partial charge < -0.3 is 20.5 Å². The maximum atomic E-state index is 12.0. The van der Waals surface area contributed by atoms with E-state index in [9.17, 15) is 13.2 Å². The molecule has 148 valence electrons. The van der Waals surface area contributed by atoms with Gasteiger partial charge >= 0.3 is 5.97 Å². The van der Waals surface area contributed by atoms with Crippen molar-refractivity contribution in [2.45, 2.75) is 18.7 Å². The summed E-state index contributed by atoms with van der Waals surface area (Å²) in [5.41, 5.74) is 7.24. The number of carboxylic acid groups (broad SMARTS) is 1. The van der Waals surface area contributed by atoms with Crippen LogP contribution >= 0.6 is 0 Å². The van der Waals surface area contributed by atoms with E-state index in [0.717, 1.165) is 0 Å². The summed E-state index contributed by atoms with van der Waals surface area (Å²) in [6, 6.07) is 11.7. The highest BCUT2D eigenvalue weighted by Gasteiger charge is 2.18. The lowest BCUT2D eigenvalue weighted by atomic mass is 10.2. The van der Waals surface area contributed by atoms with Crippen LogP contribution in [0.25, 0.3) is 0 Å². The summed E-state index contributed by atoms with van der Waals surface area (Å²) in [6.45, 7) is 3.46. The summed E-state index contributed by atoms with van der Waals surface area (Å²) in [5, 5.41) is 21.0. The first-order chi connectivity index (χ1) is 13.1. The normalized spacial score (nSPS) is 10.6. The summed E-state index contributed by atoms with van der Waals surface area (Å²) in [4.78, 5) is 10.4. The summed E-state index contributed by atoms with van der Waals surface area (Å²) >= 11 is 0. The number of nitrogens with one attached hydrogen (secondary N) is 1. The number of aromatic nitrogens is 1. The lowest BCUT2D eigenvalue weighted by Crippen LogP contribution is -2.13. The highest BCUT2D eigenvalue weighted by Crippen LogP contribution is 2.22. The summed E-state index contributed by atoms with van der Waals surface area (Å²) < 4.78 is 31.3. The summed E-state index contributed by atoms with van der Waals surface area (Å²) in [7, 11) is -3.68. The van der Waals surface area contributed by atoms with Crippen molar-refractivity contribution < 1.29 is 27.9 Å². The average Bonchev–Trinajstić information content (AvgIpc) is 2.94. The summed E-state index contributed by atoms with van der Waals surface area (Å²) in [5.74, 6) is -1.18. The standard InChI is InChI=1S/C11H13N3O3S.C7H6O3/c1-7-8(2)13-17-11(7)14-18(15,16)10-5-3-9(12)4-6-10;8-6-4-2-1-3-5(6)7(9)10/h3-6,14H,12H2,1-2H3;1-4,8H,(H,9,10). The minimum Gasteiger partial charge on any atom is -0.507 e. The van der Waals surface area contributed by atoms with Crippen LogP contribution in [0.4, 0.5) is 11.6 Å². The molecule has 0 aliphatic carbocycles. The highest BCUT2D eigenvalue weighted by atomic mass is 32.2. The van der Waals surface area contributed by atoms with Crippen molar-refractivity contribution in [2.24, 2.45) is 0 Å². The zero-order valence-electron chi connectivity index (χ0n) is 15.1. The maximum Gasteiger partial charge on any atom is 0.339 e. The molecule has 1 aromatic heterocycles. The Morgan fingerprint density at radius 1 is 1.11 bits per heavy atom. The third-order valence-corrected chi connectivity index (χ3v) is 5.06. The van der Waals surface area contributed by atoms with E-state index in [0.29, 0.717) is 16.9 Å². The summed E-state index contributed by atoms with van der Waals surface area (Å²) in [6.07, 6.45) is 0. The van der Waals surface area contributed by atoms with Gasteiger partial charge in [-0.2, -0.15) is 0 Å². The molecule has 0 spiro atoms. The van der Waals surface area contributed by atoms with E-state index in [1.165, 1.54) is 36.4 Å². The molecule has 9 nitrogen and oxygen atoms in total. The molecule has 0 unspecified atom stereocenters. The molecular formula is C18H19N3O6S. The second-order valence-electron chi connectivity index (χ2n) is 5.72. The second-order valence-corrected chi connectivity index (χ2v) is 7.40. The number of aromatic hydroxyl groups is 1. The minimum absolute atomic E-state index is 0.0671. The number of carboxylic acids is 1. The van der Waals surface area contributed by atoms with E-state index in [1.54, 1.807) is 26.0 Å². The van der Waals surface area contributed by atoms with E-state index in [1.807, 2.05) is 0 Å². The van der Waals surface area contributed by atoms with Gasteiger partial charge in [0.2, 0.25) is 5.88 Å². The number of rotatable bonds is 4. The Balaban J connectivity index is 0.000000237. The van der Waals surface area contributed by atoms with E-state index in [4.69, 9.17) is 20.5 Å². The van der Waals surface area contributed by atoms with Crippen molar-refractivity contribution in [3.63, 3.8) is 0 Å². The van der Waals surface area contributed by atoms with Crippen LogP contribution in [0.15, 0.2) is 57.9 Å². The number of nitrogens with two attached hydrogens (primary N) is 1. The first kappa shape index (κ1) is 20.8. The van der Waals surface area contributed by atoms with Gasteiger partial charge in [-0.25, -0.2) is 17.9 Å². The van der Waals surface area contributed by atoms with E-state index < -0.39 is 16.0 Å². The Labute approximate surface area is 161 Å². The molecule has 0 radical (unpaired) electrons. The fourth-order valence-electron chi connectivity index (χ4n) is 1.99. The quantitative estimate of drug-likeness (QED) is 0.483. The number of anilines is 2. The van der Waals surface area contributed by atoms with Gasteiger partial charge in [0.1, 0.15) is 11.3 Å². The molecule has 0 aliphatic heterocycles. The Morgan fingerprint density at radius 2 is 1.71 bits per heavy atom. The topological polar surface area (TPSA) is 156 Å². The minimum atomic E-state index is -3.68. The number of phenols is 1. The molecule has 0 atom stereocenters. The molecule has 0 amide bonds. The van der Waals surface area contributed by atoms with Gasteiger partial charge in [-0.05, 0) is 50.2 Å². The van der Waals surface area contributed by atoms with Gasteiger partial charge in [0.15, 0.2) is 0 Å². The Kier molecular flexibility index (Phi) is 6.26. The average molecular weight is 405 g/mol. The van der Waals surface area contributed by atoms with Crippen molar-refractivity contribution >= 4 is 27.6 Å². The molecule has 0 bridgehead atoms. The second kappa shape index (κ2) is 8.44. The van der Waals surface area contributed by atoms with Crippen molar-refractivity contribution in [3.05, 3.63) is 65.4 Å². The zero-order chi connectivity index (χ0) is 20.9. The number of nitrogens with zero attached hydrogens (tertiary/aromatic N) is 1. The van der Waals surface area contributed by atoms with Crippen LogP contribution < -0.4 is 10.5 Å². The number of hydrogen-bond donors (Lipinski definition) is 4. The predicted molar refractivity (Wildman–Crippen MR) is 103 cm³/mol. The molecule has 0 saturated heterocycles. The van der Waals surface area contributed by atoms with E-state index in [-0.39, 0.29) is 22.1 Å². The van der Waals surface area contributed by atoms with Gasteiger partial charge in [0.05, 0.1) is 10.6 Å². The highest BCUT2D eigenvalue weighted by molar-refractivity contribution is 7.92. The first-order valence-electron chi connectivity index (χ1n) is 7.94. The third-order valence-electron chi connectivity index (χ3n) is 3.71. The Bertz CT molecular complexity index is 1070. The van der Waals surface area contributed by atoms with Crippen LogP contribution in [0.5, 0.6) is 5.75 Å². The Hall–Kier alpha value is -3.53. The van der Waals surface area contributed by atoms with Gasteiger partial charge in [-0.3, -0.25) is 0 Å². The zero-order valence-corrected chi connectivity index (χ0v) is 15.9. The van der Waals surface area contributed by atoms with Crippen LogP contribution in [-0.4, -0.2) is 29.8 Å². The molecule has 1 heterocycles. The maximum absolute atomic E-state index is 12.0. The molecule has 3 rings (SSSR count). The van der Waals surface area contributed by atoms with E-state index >= 15 is 0 Å². The monoisotopic (exact) mass is 405 g/mol. The van der Waals surface area contributed by atoms with E-state index in [2.05, 4.69) is 9.88 Å². The fraction of sp³-hybridized carbons (Fsp3) is 0.111. The number of aromatic carboxylic acids is 1. The van der Waals surface area contributed by atoms with Crippen molar-refractivity contribution in [1.29, 1.82) is 0 Å². The largest absolute Gasteiger partial charge is 0.507 e. The van der Waals surface area contributed by atoms with Gasteiger partial charge in [0, 0.05) is 11.3 Å². The third kappa shape index (κ3) is 5.01. The van der Waals surface area contributed by atoms with Crippen molar-refractivity contribution in [3.8, 4) is 5.75 Å². The lowest BCUT2D eigenvalue weighted by molar-refractivity contribution is 0.0693. The van der Waals surface area contributed by atoms with Crippen LogP contribution in [-0.2, 0) is 10.0 Å². The smallest absolute Gasteiger partial charge is 0.339 e. The number of carbonyl (C=O) groups is 1. The number of benzene rings is 2. The number of aryl methyl sites for hydroxylation is 1. The molecule has 0 saturated carbocycles. The van der Waals surface area contributed by atoms with Crippen LogP contribution in [0.2, 0.25) is 0 Å². The van der Waals surface area contributed by atoms with Crippen LogP contribution in [0.3, 0.4) is 0 Å². The molecule has 10 heteroatoms. The van der Waals surface area contributed by atoms with Crippen LogP contribution in [0.1, 0.15) is 21.6 Å².